The summed E-state index contributed by atoms with van der Waals surface area (Å²) >= 11 is 1.54. The molecule has 0 aromatic carbocycles. The van der Waals surface area contributed by atoms with Crippen LogP contribution in [-0.4, -0.2) is 31.6 Å². The Kier molecular flexibility index (Phi) is 6.59. The van der Waals surface area contributed by atoms with Gasteiger partial charge in [0.2, 0.25) is 0 Å². The maximum Gasteiger partial charge on any atom is 0.341 e. The summed E-state index contributed by atoms with van der Waals surface area (Å²) in [6, 6.07) is 0. The third-order valence-corrected chi connectivity index (χ3v) is 5.24. The normalized spacial score (nSPS) is 16.7. The van der Waals surface area contributed by atoms with E-state index in [0.29, 0.717) is 29.6 Å². The Morgan fingerprint density at radius 2 is 2.17 bits per heavy atom. The summed E-state index contributed by atoms with van der Waals surface area (Å²) in [6.07, 6.45) is 3.98. The molecular weight excluding hydrogens is 312 g/mol. The molecule has 3 N–H and O–H groups in total. The van der Waals surface area contributed by atoms with Crippen LogP contribution in [0.4, 0.5) is 5.00 Å². The zero-order valence-electron chi connectivity index (χ0n) is 14.2. The second-order valence-electron chi connectivity index (χ2n) is 6.11. The summed E-state index contributed by atoms with van der Waals surface area (Å²) in [6.45, 7) is 7.77. The molecule has 1 aliphatic rings. The lowest BCUT2D eigenvalue weighted by Gasteiger charge is -2.18. The minimum atomic E-state index is -0.313. The van der Waals surface area contributed by atoms with E-state index in [9.17, 15) is 9.59 Å². The third-order valence-electron chi connectivity index (χ3n) is 4.07. The molecule has 0 saturated carbocycles. The molecule has 1 aromatic rings. The van der Waals surface area contributed by atoms with Gasteiger partial charge in [0.15, 0.2) is 6.54 Å². The lowest BCUT2D eigenvalue weighted by Crippen LogP contribution is -2.86. The maximum absolute atomic E-state index is 12.3. The number of fused-ring (bicyclic) bond motifs is 1. The number of carbonyl (C=O) groups is 2. The highest BCUT2D eigenvalue weighted by molar-refractivity contribution is 7.17. The average molecular weight is 339 g/mol. The van der Waals surface area contributed by atoms with Crippen molar-refractivity contribution in [1.82, 2.24) is 0 Å². The van der Waals surface area contributed by atoms with Crippen LogP contribution in [0.3, 0.4) is 0 Å². The van der Waals surface area contributed by atoms with Crippen molar-refractivity contribution >= 4 is 28.2 Å². The molecule has 23 heavy (non-hydrogen) atoms. The molecule has 6 heteroatoms. The minimum absolute atomic E-state index is 0.0596. The number of rotatable bonds is 7. The molecule has 0 bridgehead atoms. The first-order valence-electron chi connectivity index (χ1n) is 8.49. The van der Waals surface area contributed by atoms with E-state index in [1.807, 2.05) is 5.32 Å². The zero-order chi connectivity index (χ0) is 16.8. The number of anilines is 1. The van der Waals surface area contributed by atoms with Crippen molar-refractivity contribution in [2.24, 2.45) is 5.92 Å². The Balaban J connectivity index is 2.20. The van der Waals surface area contributed by atoms with Gasteiger partial charge < -0.3 is 15.4 Å². The van der Waals surface area contributed by atoms with Crippen LogP contribution in [0.2, 0.25) is 0 Å². The lowest BCUT2D eigenvalue weighted by molar-refractivity contribution is -0.643. The van der Waals surface area contributed by atoms with Crippen molar-refractivity contribution in [2.75, 3.05) is 25.0 Å². The van der Waals surface area contributed by atoms with Crippen molar-refractivity contribution in [1.29, 1.82) is 0 Å². The summed E-state index contributed by atoms with van der Waals surface area (Å²) in [5.74, 6) is 0.251. The van der Waals surface area contributed by atoms with Crippen LogP contribution in [0.15, 0.2) is 0 Å². The molecule has 5 nitrogen and oxygen atoms in total. The van der Waals surface area contributed by atoms with Gasteiger partial charge in [-0.05, 0) is 44.1 Å². The smallest absolute Gasteiger partial charge is 0.341 e. The summed E-state index contributed by atoms with van der Waals surface area (Å²) in [5.41, 5.74) is 1.67. The maximum atomic E-state index is 12.3. The van der Waals surface area contributed by atoms with Crippen LogP contribution in [0.1, 0.15) is 54.4 Å². The first kappa shape index (κ1) is 17.9. The number of carbonyl (C=O) groups excluding carboxylic acids is 2. The number of nitrogens with one attached hydrogen (secondary N) is 1. The number of ether oxygens (including phenoxy) is 1. The highest BCUT2D eigenvalue weighted by Gasteiger charge is 2.29. The summed E-state index contributed by atoms with van der Waals surface area (Å²) < 4.78 is 5.21. The fourth-order valence-corrected chi connectivity index (χ4v) is 4.29. The van der Waals surface area contributed by atoms with Crippen molar-refractivity contribution in [3.05, 3.63) is 16.0 Å². The molecule has 1 aromatic heterocycles. The van der Waals surface area contributed by atoms with Gasteiger partial charge >= 0.3 is 5.97 Å². The molecule has 0 saturated heterocycles. The van der Waals surface area contributed by atoms with E-state index in [2.05, 4.69) is 19.2 Å². The molecule has 1 heterocycles. The predicted molar refractivity (Wildman–Crippen MR) is 92.0 cm³/mol. The zero-order valence-corrected chi connectivity index (χ0v) is 15.1. The number of esters is 1. The number of hydrogen-bond acceptors (Lipinski definition) is 4. The molecule has 1 atom stereocenters. The summed E-state index contributed by atoms with van der Waals surface area (Å²) in [5, 5.41) is 5.57. The average Bonchev–Trinajstić information content (AvgIpc) is 2.84. The highest BCUT2D eigenvalue weighted by atomic mass is 32.1. The Hall–Kier alpha value is -1.40. The van der Waals surface area contributed by atoms with Crippen LogP contribution in [0.25, 0.3) is 0 Å². The third kappa shape index (κ3) is 4.54. The van der Waals surface area contributed by atoms with E-state index in [4.69, 9.17) is 4.74 Å². The highest BCUT2D eigenvalue weighted by Crippen LogP contribution is 2.39. The Bertz CT molecular complexity index is 568. The number of nitrogens with two attached hydrogens (primary N) is 1. The topological polar surface area (TPSA) is 72.0 Å². The number of thiophene rings is 1. The molecular formula is C17H27N2O3S+. The van der Waals surface area contributed by atoms with Gasteiger partial charge in [0.1, 0.15) is 5.00 Å². The van der Waals surface area contributed by atoms with Gasteiger partial charge in [-0.3, -0.25) is 4.79 Å². The van der Waals surface area contributed by atoms with Gasteiger partial charge in [-0.15, -0.1) is 11.3 Å². The van der Waals surface area contributed by atoms with Gasteiger partial charge in [-0.25, -0.2) is 4.79 Å². The van der Waals surface area contributed by atoms with Crippen LogP contribution in [-0.2, 0) is 22.4 Å². The molecule has 2 rings (SSSR count). The molecule has 0 fully saturated rings. The van der Waals surface area contributed by atoms with Gasteiger partial charge in [-0.2, -0.15) is 0 Å². The first-order valence-corrected chi connectivity index (χ1v) is 9.31. The number of quaternary nitrogens is 1. The van der Waals surface area contributed by atoms with Gasteiger partial charge in [0.05, 0.1) is 18.7 Å². The summed E-state index contributed by atoms with van der Waals surface area (Å²) in [4.78, 5) is 25.7. The van der Waals surface area contributed by atoms with Crippen molar-refractivity contribution < 1.29 is 19.6 Å². The largest absolute Gasteiger partial charge is 0.462 e. The Morgan fingerprint density at radius 3 is 2.87 bits per heavy atom. The molecule has 0 aliphatic heterocycles. The molecule has 0 radical (unpaired) electrons. The van der Waals surface area contributed by atoms with E-state index in [1.165, 1.54) is 4.88 Å². The molecule has 1 aliphatic carbocycles. The second-order valence-corrected chi connectivity index (χ2v) is 7.21. The standard InChI is InChI=1S/C17H26N2O3S/c1-4-8-18-10-14(20)19-16-15(17(21)22-5-2)12-7-6-11(3)9-13(12)23-16/h11,18H,4-10H2,1-3H3,(H,19,20)/p+1. The molecule has 1 unspecified atom stereocenters. The van der Waals surface area contributed by atoms with Crippen LogP contribution in [0, 0.1) is 5.92 Å². The van der Waals surface area contributed by atoms with E-state index in [0.717, 1.165) is 37.8 Å². The van der Waals surface area contributed by atoms with E-state index in [-0.39, 0.29) is 11.9 Å². The first-order chi connectivity index (χ1) is 11.1. The van der Waals surface area contributed by atoms with Crippen LogP contribution >= 0.6 is 11.3 Å². The predicted octanol–water partition coefficient (Wildman–Crippen LogP) is 1.96. The lowest BCUT2D eigenvalue weighted by atomic mass is 9.88. The fourth-order valence-electron chi connectivity index (χ4n) is 2.87. The molecule has 0 spiro atoms. The van der Waals surface area contributed by atoms with Crippen molar-refractivity contribution in [2.45, 2.75) is 46.5 Å². The monoisotopic (exact) mass is 339 g/mol. The van der Waals surface area contributed by atoms with E-state index >= 15 is 0 Å². The van der Waals surface area contributed by atoms with Crippen LogP contribution in [0.5, 0.6) is 0 Å². The fraction of sp³-hybridized carbons (Fsp3) is 0.647. The number of amides is 1. The van der Waals surface area contributed by atoms with Gasteiger partial charge in [0, 0.05) is 4.88 Å². The quantitative estimate of drug-likeness (QED) is 0.589. The molecule has 128 valence electrons. The SMILES string of the molecule is CCC[NH2+]CC(=O)Nc1sc2c(c1C(=O)OCC)CCC(C)C2. The molecule has 1 amide bonds. The van der Waals surface area contributed by atoms with Crippen molar-refractivity contribution in [3.63, 3.8) is 0 Å². The minimum Gasteiger partial charge on any atom is -0.462 e. The van der Waals surface area contributed by atoms with Crippen LogP contribution < -0.4 is 10.6 Å². The van der Waals surface area contributed by atoms with E-state index < -0.39 is 0 Å². The summed E-state index contributed by atoms with van der Waals surface area (Å²) in [7, 11) is 0. The van der Waals surface area contributed by atoms with E-state index in [1.54, 1.807) is 18.3 Å². The number of hydrogen-bond donors (Lipinski definition) is 2. The van der Waals surface area contributed by atoms with Gasteiger partial charge in [0.25, 0.3) is 5.91 Å². The second kappa shape index (κ2) is 8.45. The Morgan fingerprint density at radius 1 is 1.39 bits per heavy atom. The van der Waals surface area contributed by atoms with Gasteiger partial charge in [-0.1, -0.05) is 13.8 Å². The Labute approximate surface area is 141 Å². The van der Waals surface area contributed by atoms with Crippen molar-refractivity contribution in [3.8, 4) is 0 Å².